The van der Waals surface area contributed by atoms with E-state index in [-0.39, 0.29) is 5.91 Å². The van der Waals surface area contributed by atoms with Crippen molar-refractivity contribution in [3.63, 3.8) is 0 Å². The fourth-order valence-electron chi connectivity index (χ4n) is 3.29. The number of carbonyl (C=O) groups is 2. The Kier molecular flexibility index (Phi) is 6.32. The summed E-state index contributed by atoms with van der Waals surface area (Å²) in [5.74, 6) is 0.172. The number of piperidine rings is 1. The predicted molar refractivity (Wildman–Crippen MR) is 104 cm³/mol. The van der Waals surface area contributed by atoms with E-state index in [9.17, 15) is 9.59 Å². The highest BCUT2D eigenvalue weighted by Gasteiger charge is 2.35. The normalized spacial score (nSPS) is 18.0. The van der Waals surface area contributed by atoms with Gasteiger partial charge in [0.1, 0.15) is 11.6 Å². The first kappa shape index (κ1) is 20.3. The first-order valence-electron chi connectivity index (χ1n) is 9.50. The zero-order chi connectivity index (χ0) is 19.5. The van der Waals surface area contributed by atoms with Crippen molar-refractivity contribution in [1.29, 1.82) is 0 Å². The molecule has 0 spiro atoms. The molecule has 144 valence electrons. The van der Waals surface area contributed by atoms with E-state index in [0.29, 0.717) is 18.9 Å². The second-order valence-corrected chi connectivity index (χ2v) is 8.37. The highest BCUT2D eigenvalue weighted by atomic mass is 16.6. The lowest BCUT2D eigenvalue weighted by molar-refractivity contribution is -0.122. The Morgan fingerprint density at radius 2 is 1.92 bits per heavy atom. The topological polar surface area (TPSA) is 58.6 Å². The van der Waals surface area contributed by atoms with Crippen LogP contribution in [0.5, 0.6) is 0 Å². The van der Waals surface area contributed by atoms with Gasteiger partial charge < -0.3 is 10.1 Å². The van der Waals surface area contributed by atoms with E-state index in [4.69, 9.17) is 4.74 Å². The molecule has 0 aliphatic carbocycles. The molecule has 1 unspecified atom stereocenters. The van der Waals surface area contributed by atoms with Crippen LogP contribution in [0, 0.1) is 6.92 Å². The first-order chi connectivity index (χ1) is 12.1. The number of aryl methyl sites for hydroxylation is 1. The van der Waals surface area contributed by atoms with Gasteiger partial charge in [0.2, 0.25) is 5.91 Å². The van der Waals surface area contributed by atoms with Gasteiger partial charge in [0.15, 0.2) is 0 Å². The Morgan fingerprint density at radius 1 is 1.23 bits per heavy atom. The van der Waals surface area contributed by atoms with Crippen molar-refractivity contribution in [1.82, 2.24) is 4.90 Å². The number of carbonyl (C=O) groups excluding carboxylic acids is 2. The van der Waals surface area contributed by atoms with Crippen LogP contribution in [-0.2, 0) is 9.53 Å². The minimum atomic E-state index is -0.573. The van der Waals surface area contributed by atoms with Crippen molar-refractivity contribution in [2.24, 2.45) is 0 Å². The lowest BCUT2D eigenvalue weighted by atomic mass is 9.97. The van der Waals surface area contributed by atoms with E-state index >= 15 is 0 Å². The molecule has 2 amide bonds. The Labute approximate surface area is 157 Å². The van der Waals surface area contributed by atoms with Crippen LogP contribution in [0.15, 0.2) is 18.2 Å². The summed E-state index contributed by atoms with van der Waals surface area (Å²) in [5, 5.41) is 3.09. The molecule has 1 atom stereocenters. The molecule has 1 fully saturated rings. The van der Waals surface area contributed by atoms with Gasteiger partial charge in [-0.2, -0.15) is 0 Å². The minimum Gasteiger partial charge on any atom is -0.444 e. The van der Waals surface area contributed by atoms with Crippen LogP contribution in [0.3, 0.4) is 0 Å². The Balaban J connectivity index is 2.21. The quantitative estimate of drug-likeness (QED) is 0.838. The molecule has 5 heteroatoms. The number of amides is 2. The summed E-state index contributed by atoms with van der Waals surface area (Å²) in [5.41, 5.74) is 2.43. The Bertz CT molecular complexity index is 662. The number of rotatable bonds is 3. The standard InChI is InChI=1S/C21H32N2O3/c1-14(2)16-11-9-10-15(3)18(16)22-19(24)17-12-7-8-13-23(17)20(25)26-21(4,5)6/h9-11,14,17H,7-8,12-13H2,1-6H3,(H,22,24). The van der Waals surface area contributed by atoms with Crippen molar-refractivity contribution < 1.29 is 14.3 Å². The van der Waals surface area contributed by atoms with Crippen LogP contribution in [-0.4, -0.2) is 35.1 Å². The number of ether oxygens (including phenoxy) is 1. The fraction of sp³-hybridized carbons (Fsp3) is 0.619. The van der Waals surface area contributed by atoms with E-state index in [1.165, 1.54) is 0 Å². The van der Waals surface area contributed by atoms with Crippen molar-refractivity contribution >= 4 is 17.7 Å². The maximum absolute atomic E-state index is 13.0. The number of nitrogens with one attached hydrogen (secondary N) is 1. The van der Waals surface area contributed by atoms with Crippen LogP contribution < -0.4 is 5.32 Å². The highest BCUT2D eigenvalue weighted by Crippen LogP contribution is 2.29. The highest BCUT2D eigenvalue weighted by molar-refractivity contribution is 5.98. The molecule has 0 aromatic heterocycles. The minimum absolute atomic E-state index is 0.133. The smallest absolute Gasteiger partial charge is 0.410 e. The summed E-state index contributed by atoms with van der Waals surface area (Å²) in [6.45, 7) is 12.3. The third-order valence-corrected chi connectivity index (χ3v) is 4.61. The number of hydrogen-bond acceptors (Lipinski definition) is 3. The van der Waals surface area contributed by atoms with Crippen molar-refractivity contribution in [3.8, 4) is 0 Å². The molecule has 1 saturated heterocycles. The largest absolute Gasteiger partial charge is 0.444 e. The predicted octanol–water partition coefficient (Wildman–Crippen LogP) is 4.85. The second-order valence-electron chi connectivity index (χ2n) is 8.37. The molecule has 1 aliphatic heterocycles. The molecule has 1 aromatic rings. The van der Waals surface area contributed by atoms with Crippen LogP contribution in [0.2, 0.25) is 0 Å². The summed E-state index contributed by atoms with van der Waals surface area (Å²) in [6.07, 6.45) is 2.08. The third kappa shape index (κ3) is 4.99. The van der Waals surface area contributed by atoms with E-state index in [0.717, 1.165) is 29.7 Å². The van der Waals surface area contributed by atoms with Crippen molar-refractivity contribution in [3.05, 3.63) is 29.3 Å². The number of anilines is 1. The molecule has 0 radical (unpaired) electrons. The zero-order valence-electron chi connectivity index (χ0n) is 16.9. The fourth-order valence-corrected chi connectivity index (χ4v) is 3.29. The van der Waals surface area contributed by atoms with Crippen molar-refractivity contribution in [2.75, 3.05) is 11.9 Å². The summed E-state index contributed by atoms with van der Waals surface area (Å²) in [6, 6.07) is 5.56. The average Bonchev–Trinajstić information content (AvgIpc) is 2.54. The van der Waals surface area contributed by atoms with Crippen molar-refractivity contribution in [2.45, 2.75) is 78.4 Å². The SMILES string of the molecule is Cc1cccc(C(C)C)c1NC(=O)C1CCCCN1C(=O)OC(C)(C)C. The van der Waals surface area contributed by atoms with Gasteiger partial charge in [-0.05, 0) is 64.0 Å². The lowest BCUT2D eigenvalue weighted by Crippen LogP contribution is -2.51. The van der Waals surface area contributed by atoms with Gasteiger partial charge in [0, 0.05) is 12.2 Å². The van der Waals surface area contributed by atoms with Crippen LogP contribution in [0.1, 0.15) is 70.9 Å². The summed E-state index contributed by atoms with van der Waals surface area (Å²) < 4.78 is 5.50. The zero-order valence-corrected chi connectivity index (χ0v) is 16.9. The van der Waals surface area contributed by atoms with Gasteiger partial charge in [0.05, 0.1) is 0 Å². The van der Waals surface area contributed by atoms with Gasteiger partial charge in [-0.1, -0.05) is 32.0 Å². The molecule has 5 nitrogen and oxygen atoms in total. The molecule has 1 aliphatic rings. The Hall–Kier alpha value is -2.04. The van der Waals surface area contributed by atoms with Crippen LogP contribution in [0.4, 0.5) is 10.5 Å². The van der Waals surface area contributed by atoms with Gasteiger partial charge in [0.25, 0.3) is 0 Å². The van der Waals surface area contributed by atoms with Crippen LogP contribution in [0.25, 0.3) is 0 Å². The van der Waals surface area contributed by atoms with E-state index in [1.54, 1.807) is 4.90 Å². The van der Waals surface area contributed by atoms with E-state index in [1.807, 2.05) is 45.9 Å². The summed E-state index contributed by atoms with van der Waals surface area (Å²) >= 11 is 0. The molecular weight excluding hydrogens is 328 g/mol. The number of para-hydroxylation sites is 1. The maximum Gasteiger partial charge on any atom is 0.410 e. The molecule has 1 aromatic carbocycles. The number of nitrogens with zero attached hydrogens (tertiary/aromatic N) is 1. The number of likely N-dealkylation sites (tertiary alicyclic amines) is 1. The maximum atomic E-state index is 13.0. The molecule has 1 heterocycles. The second kappa shape index (κ2) is 8.11. The van der Waals surface area contributed by atoms with Crippen LogP contribution >= 0.6 is 0 Å². The van der Waals surface area contributed by atoms with Gasteiger partial charge >= 0.3 is 6.09 Å². The van der Waals surface area contributed by atoms with E-state index < -0.39 is 17.7 Å². The van der Waals surface area contributed by atoms with Gasteiger partial charge in [-0.15, -0.1) is 0 Å². The molecule has 26 heavy (non-hydrogen) atoms. The Morgan fingerprint density at radius 3 is 2.54 bits per heavy atom. The molecule has 0 saturated carbocycles. The lowest BCUT2D eigenvalue weighted by Gasteiger charge is -2.36. The molecule has 2 rings (SSSR count). The molecular formula is C21H32N2O3. The number of hydrogen-bond donors (Lipinski definition) is 1. The molecule has 0 bridgehead atoms. The first-order valence-corrected chi connectivity index (χ1v) is 9.50. The average molecular weight is 360 g/mol. The summed E-state index contributed by atoms with van der Waals surface area (Å²) in [7, 11) is 0. The molecule has 1 N–H and O–H groups in total. The van der Waals surface area contributed by atoms with Gasteiger partial charge in [-0.3, -0.25) is 9.69 Å². The number of benzene rings is 1. The third-order valence-electron chi connectivity index (χ3n) is 4.61. The van der Waals surface area contributed by atoms with E-state index in [2.05, 4.69) is 19.2 Å². The monoisotopic (exact) mass is 360 g/mol. The van der Waals surface area contributed by atoms with Gasteiger partial charge in [-0.25, -0.2) is 4.79 Å². The summed E-state index contributed by atoms with van der Waals surface area (Å²) in [4.78, 5) is 27.1.